The number of hydrogen-bond acceptors (Lipinski definition) is 5. The van der Waals surface area contributed by atoms with Crippen LogP contribution in [0.1, 0.15) is 18.7 Å². The molecule has 0 fully saturated rings. The molecule has 0 N–H and O–H groups in total. The Morgan fingerprint density at radius 1 is 1.23 bits per heavy atom. The highest BCUT2D eigenvalue weighted by Gasteiger charge is 2.27. The number of allylic oxidation sites excluding steroid dienone is 1. The summed E-state index contributed by atoms with van der Waals surface area (Å²) in [6.45, 7) is 7.62. The SMILES string of the molecule is C=CCn1c(=O)c2ccccc2n2c(SCC(=O)N3CCn4cccc4C3C)nnc12. The Balaban J connectivity index is 1.47. The average Bonchev–Trinajstić information content (AvgIpc) is 3.43. The zero-order valence-electron chi connectivity index (χ0n) is 17.1. The van der Waals surface area contributed by atoms with Crippen LogP contribution in [0.4, 0.5) is 0 Å². The monoisotopic (exact) mass is 434 g/mol. The molecule has 0 saturated carbocycles. The highest BCUT2D eigenvalue weighted by Crippen LogP contribution is 2.27. The van der Waals surface area contributed by atoms with Crippen LogP contribution in [0, 0.1) is 0 Å². The molecule has 3 aromatic heterocycles. The van der Waals surface area contributed by atoms with Gasteiger partial charge in [-0.25, -0.2) is 0 Å². The first-order valence-corrected chi connectivity index (χ1v) is 11.1. The topological polar surface area (TPSA) is 77.4 Å². The molecule has 9 heteroatoms. The molecular formula is C22H22N6O2S. The fraction of sp³-hybridized carbons (Fsp3) is 0.273. The Hall–Kier alpha value is -3.33. The lowest BCUT2D eigenvalue weighted by Gasteiger charge is -2.34. The van der Waals surface area contributed by atoms with Gasteiger partial charge in [0.25, 0.3) is 5.56 Å². The molecule has 1 aromatic carbocycles. The number of amides is 1. The maximum absolute atomic E-state index is 13.0. The van der Waals surface area contributed by atoms with Gasteiger partial charge in [-0.15, -0.1) is 16.8 Å². The van der Waals surface area contributed by atoms with Crippen LogP contribution in [0.3, 0.4) is 0 Å². The van der Waals surface area contributed by atoms with Gasteiger partial charge in [0.1, 0.15) is 0 Å². The predicted molar refractivity (Wildman–Crippen MR) is 120 cm³/mol. The minimum atomic E-state index is -0.131. The van der Waals surface area contributed by atoms with Crippen LogP contribution in [0.25, 0.3) is 16.7 Å². The highest BCUT2D eigenvalue weighted by atomic mass is 32.2. The van der Waals surface area contributed by atoms with Crippen LogP contribution in [-0.2, 0) is 17.9 Å². The Labute approximate surface area is 182 Å². The van der Waals surface area contributed by atoms with Crippen LogP contribution < -0.4 is 5.56 Å². The van der Waals surface area contributed by atoms with Gasteiger partial charge in [-0.2, -0.15) is 0 Å². The van der Waals surface area contributed by atoms with Crippen molar-refractivity contribution < 1.29 is 4.79 Å². The van der Waals surface area contributed by atoms with Crippen LogP contribution in [0.15, 0.2) is 65.2 Å². The third kappa shape index (κ3) is 3.16. The zero-order valence-corrected chi connectivity index (χ0v) is 18.0. The first kappa shape index (κ1) is 19.6. The Bertz CT molecular complexity index is 1370. The van der Waals surface area contributed by atoms with E-state index >= 15 is 0 Å². The summed E-state index contributed by atoms with van der Waals surface area (Å²) in [4.78, 5) is 27.8. The van der Waals surface area contributed by atoms with Crippen LogP contribution in [0.5, 0.6) is 0 Å². The van der Waals surface area contributed by atoms with Crippen molar-refractivity contribution in [1.82, 2.24) is 28.6 Å². The lowest BCUT2D eigenvalue weighted by atomic mass is 10.1. The highest BCUT2D eigenvalue weighted by molar-refractivity contribution is 7.99. The summed E-state index contributed by atoms with van der Waals surface area (Å²) < 4.78 is 5.59. The molecule has 158 valence electrons. The fourth-order valence-electron chi connectivity index (χ4n) is 4.25. The summed E-state index contributed by atoms with van der Waals surface area (Å²) in [6.07, 6.45) is 3.72. The smallest absolute Gasteiger partial charge is 0.263 e. The molecule has 1 aliphatic rings. The van der Waals surface area contributed by atoms with E-state index in [2.05, 4.69) is 40.5 Å². The van der Waals surface area contributed by atoms with Gasteiger partial charge in [-0.05, 0) is 31.2 Å². The largest absolute Gasteiger partial charge is 0.348 e. The lowest BCUT2D eigenvalue weighted by Crippen LogP contribution is -2.41. The van der Waals surface area contributed by atoms with E-state index in [4.69, 9.17) is 0 Å². The molecular weight excluding hydrogens is 412 g/mol. The van der Waals surface area contributed by atoms with E-state index < -0.39 is 0 Å². The maximum Gasteiger partial charge on any atom is 0.263 e. The van der Waals surface area contributed by atoms with Crippen LogP contribution in [0.2, 0.25) is 0 Å². The van der Waals surface area contributed by atoms with E-state index in [0.29, 0.717) is 29.4 Å². The second-order valence-corrected chi connectivity index (χ2v) is 8.46. The molecule has 1 unspecified atom stereocenters. The van der Waals surface area contributed by atoms with E-state index in [9.17, 15) is 9.59 Å². The minimum Gasteiger partial charge on any atom is -0.348 e. The summed E-state index contributed by atoms with van der Waals surface area (Å²) in [5, 5.41) is 9.72. The number of rotatable bonds is 5. The van der Waals surface area contributed by atoms with Gasteiger partial charge in [0.2, 0.25) is 11.7 Å². The van der Waals surface area contributed by atoms with Crippen molar-refractivity contribution in [3.8, 4) is 0 Å². The fourth-order valence-corrected chi connectivity index (χ4v) is 5.08. The van der Waals surface area contributed by atoms with Crippen LogP contribution in [-0.4, -0.2) is 46.8 Å². The summed E-state index contributed by atoms with van der Waals surface area (Å²) in [5.74, 6) is 0.758. The van der Waals surface area contributed by atoms with Gasteiger partial charge in [0.05, 0.1) is 22.7 Å². The van der Waals surface area contributed by atoms with Crippen LogP contribution >= 0.6 is 11.8 Å². The van der Waals surface area contributed by atoms with Crippen molar-refractivity contribution in [2.45, 2.75) is 31.2 Å². The predicted octanol–water partition coefficient (Wildman–Crippen LogP) is 2.73. The zero-order chi connectivity index (χ0) is 21.5. The molecule has 8 nitrogen and oxygen atoms in total. The molecule has 5 rings (SSSR count). The Morgan fingerprint density at radius 2 is 2.06 bits per heavy atom. The number of hydrogen-bond donors (Lipinski definition) is 0. The number of fused-ring (bicyclic) bond motifs is 4. The number of carbonyl (C=O) groups excluding carboxylic acids is 1. The minimum absolute atomic E-state index is 0.0330. The van der Waals surface area contributed by atoms with Crippen molar-refractivity contribution in [2.75, 3.05) is 12.3 Å². The molecule has 0 radical (unpaired) electrons. The van der Waals surface area contributed by atoms with E-state index in [0.717, 1.165) is 17.8 Å². The first-order valence-electron chi connectivity index (χ1n) is 10.1. The Kier molecular flexibility index (Phi) is 4.90. The molecule has 1 atom stereocenters. The van der Waals surface area contributed by atoms with Gasteiger partial charge in [-0.1, -0.05) is 30.0 Å². The van der Waals surface area contributed by atoms with Crippen molar-refractivity contribution >= 4 is 34.3 Å². The number of thioether (sulfide) groups is 1. The van der Waals surface area contributed by atoms with E-state index in [1.807, 2.05) is 33.6 Å². The normalized spacial score (nSPS) is 16.0. The van der Waals surface area contributed by atoms with Gasteiger partial charge in [0.15, 0.2) is 5.16 Å². The molecule has 0 saturated heterocycles. The Morgan fingerprint density at radius 3 is 2.90 bits per heavy atom. The number of carbonyl (C=O) groups is 1. The van der Waals surface area contributed by atoms with Gasteiger partial charge >= 0.3 is 0 Å². The van der Waals surface area contributed by atoms with E-state index in [1.54, 1.807) is 16.7 Å². The lowest BCUT2D eigenvalue weighted by molar-refractivity contribution is -0.131. The third-order valence-corrected chi connectivity index (χ3v) is 6.69. The summed E-state index contributed by atoms with van der Waals surface area (Å²) >= 11 is 1.34. The van der Waals surface area contributed by atoms with Gasteiger partial charge in [-0.3, -0.25) is 18.6 Å². The van der Waals surface area contributed by atoms with Crippen molar-refractivity contribution in [3.63, 3.8) is 0 Å². The second kappa shape index (κ2) is 7.73. The van der Waals surface area contributed by atoms with Gasteiger partial charge < -0.3 is 9.47 Å². The van der Waals surface area contributed by atoms with Crippen molar-refractivity contribution in [1.29, 1.82) is 0 Å². The summed E-state index contributed by atoms with van der Waals surface area (Å²) in [7, 11) is 0. The second-order valence-electron chi connectivity index (χ2n) is 7.52. The third-order valence-electron chi connectivity index (χ3n) is 5.78. The average molecular weight is 435 g/mol. The number of benzene rings is 1. The van der Waals surface area contributed by atoms with Gasteiger partial charge in [0, 0.05) is 31.5 Å². The number of para-hydroxylation sites is 1. The molecule has 0 aliphatic carbocycles. The molecule has 0 bridgehead atoms. The number of aromatic nitrogens is 5. The molecule has 4 heterocycles. The molecule has 1 aliphatic heterocycles. The summed E-state index contributed by atoms with van der Waals surface area (Å²) in [6, 6.07) is 11.5. The first-order chi connectivity index (χ1) is 15.1. The van der Waals surface area contributed by atoms with Crippen molar-refractivity contribution in [3.05, 3.63) is 71.3 Å². The molecule has 4 aromatic rings. The maximum atomic E-state index is 13.0. The standard InChI is InChI=1S/C22H22N6O2S/c1-3-10-27-20(30)16-7-4-5-8-18(16)28-21(27)23-24-22(28)31-14-19(29)26-13-12-25-11-6-9-17(25)15(26)2/h3-9,11,15H,1,10,12-14H2,2H3. The molecule has 1 amide bonds. The van der Waals surface area contributed by atoms with Crippen molar-refractivity contribution in [2.24, 2.45) is 0 Å². The molecule has 31 heavy (non-hydrogen) atoms. The van der Waals surface area contributed by atoms with E-state index in [-0.39, 0.29) is 23.3 Å². The van der Waals surface area contributed by atoms with E-state index in [1.165, 1.54) is 11.8 Å². The number of nitrogens with zero attached hydrogens (tertiary/aromatic N) is 6. The quantitative estimate of drug-likeness (QED) is 0.357. The summed E-state index contributed by atoms with van der Waals surface area (Å²) in [5.41, 5.74) is 1.75. The molecule has 0 spiro atoms.